The zero-order valence-corrected chi connectivity index (χ0v) is 6.97. The third kappa shape index (κ3) is 3.41. The van der Waals surface area contributed by atoms with E-state index in [9.17, 15) is 0 Å². The Morgan fingerprint density at radius 1 is 1.40 bits per heavy atom. The molecule has 0 atom stereocenters. The van der Waals surface area contributed by atoms with Crippen molar-refractivity contribution in [2.75, 3.05) is 0 Å². The predicted octanol–water partition coefficient (Wildman–Crippen LogP) is 2.24. The normalized spacial score (nSPS) is 7.90. The maximum Gasteiger partial charge on any atom is 0.0734 e. The molecule has 0 spiro atoms. The molecular weight excluding hydrogens is 148 g/mol. The van der Waals surface area contributed by atoms with E-state index in [0.717, 1.165) is 5.69 Å². The van der Waals surface area contributed by atoms with Crippen LogP contribution in [0.25, 0.3) is 0 Å². The monoisotopic (exact) mass is 158 g/mol. The number of aromatic nitrogens is 2. The molecule has 0 saturated heterocycles. The molecule has 0 bridgehead atoms. The quantitative estimate of drug-likeness (QED) is 0.586. The highest BCUT2D eigenvalue weighted by molar-refractivity contribution is 6.16. The molecule has 3 heteroatoms. The fourth-order valence-electron chi connectivity index (χ4n) is 0.399. The lowest BCUT2D eigenvalue weighted by Gasteiger charge is -1.86. The number of hydrogen-bond donors (Lipinski definition) is 0. The van der Waals surface area contributed by atoms with Gasteiger partial charge in [-0.2, -0.15) is 0 Å². The number of halogens is 1. The Kier molecular flexibility index (Phi) is 6.08. The number of rotatable bonds is 1. The molecule has 0 unspecified atom stereocenters. The average Bonchev–Trinajstić information content (AvgIpc) is 2.10. The van der Waals surface area contributed by atoms with E-state index >= 15 is 0 Å². The predicted molar refractivity (Wildman–Crippen MR) is 42.9 cm³/mol. The summed E-state index contributed by atoms with van der Waals surface area (Å²) >= 11 is 5.42. The van der Waals surface area contributed by atoms with Crippen LogP contribution >= 0.6 is 11.6 Å². The van der Waals surface area contributed by atoms with Crippen LogP contribution in [-0.4, -0.2) is 9.97 Å². The van der Waals surface area contributed by atoms with E-state index in [2.05, 4.69) is 9.97 Å². The maximum atomic E-state index is 5.42. The molecular formula is C7H11ClN2. The third-order valence-electron chi connectivity index (χ3n) is 0.754. The molecule has 1 rings (SSSR count). The lowest BCUT2D eigenvalue weighted by molar-refractivity contribution is 1.10. The number of nitrogens with zero attached hydrogens (tertiary/aromatic N) is 2. The van der Waals surface area contributed by atoms with E-state index in [-0.39, 0.29) is 0 Å². The van der Waals surface area contributed by atoms with Crippen molar-refractivity contribution >= 4 is 11.6 Å². The van der Waals surface area contributed by atoms with Crippen LogP contribution in [0.3, 0.4) is 0 Å². The van der Waals surface area contributed by atoms with Crippen LogP contribution in [0, 0.1) is 0 Å². The van der Waals surface area contributed by atoms with Crippen molar-refractivity contribution < 1.29 is 0 Å². The summed E-state index contributed by atoms with van der Waals surface area (Å²) in [6, 6.07) is 0. The highest BCUT2D eigenvalue weighted by Gasteiger charge is 1.84. The second-order valence-corrected chi connectivity index (χ2v) is 1.60. The van der Waals surface area contributed by atoms with Gasteiger partial charge >= 0.3 is 0 Å². The second kappa shape index (κ2) is 6.49. The van der Waals surface area contributed by atoms with E-state index in [0.29, 0.717) is 5.88 Å². The van der Waals surface area contributed by atoms with E-state index in [1.807, 2.05) is 13.8 Å². The molecule has 0 radical (unpaired) electrons. The lowest BCUT2D eigenvalue weighted by Crippen LogP contribution is -1.82. The van der Waals surface area contributed by atoms with Crippen LogP contribution in [0.15, 0.2) is 18.6 Å². The maximum absolute atomic E-state index is 5.42. The fourth-order valence-corrected chi connectivity index (χ4v) is 0.537. The highest BCUT2D eigenvalue weighted by Crippen LogP contribution is 1.93. The third-order valence-corrected chi connectivity index (χ3v) is 1.03. The highest BCUT2D eigenvalue weighted by atomic mass is 35.5. The zero-order valence-electron chi connectivity index (χ0n) is 6.21. The van der Waals surface area contributed by atoms with Gasteiger partial charge in [0.1, 0.15) is 0 Å². The van der Waals surface area contributed by atoms with Gasteiger partial charge in [0.05, 0.1) is 11.6 Å². The smallest absolute Gasteiger partial charge is 0.0734 e. The van der Waals surface area contributed by atoms with Gasteiger partial charge in [-0.15, -0.1) is 11.6 Å². The molecule has 1 heterocycles. The fraction of sp³-hybridized carbons (Fsp3) is 0.429. The zero-order chi connectivity index (χ0) is 7.82. The Bertz CT molecular complexity index is 153. The Hall–Kier alpha value is -0.630. The standard InChI is InChI=1S/C5H5ClN2.C2H6/c6-3-5-4-7-1-2-8-5;1-2/h1-2,4H,3H2;1-2H3. The van der Waals surface area contributed by atoms with E-state index in [1.165, 1.54) is 0 Å². The first-order valence-electron chi connectivity index (χ1n) is 3.24. The van der Waals surface area contributed by atoms with Crippen molar-refractivity contribution in [3.63, 3.8) is 0 Å². The van der Waals surface area contributed by atoms with Crippen LogP contribution in [0.4, 0.5) is 0 Å². The van der Waals surface area contributed by atoms with E-state index < -0.39 is 0 Å². The Morgan fingerprint density at radius 3 is 2.40 bits per heavy atom. The van der Waals surface area contributed by atoms with Gasteiger partial charge < -0.3 is 0 Å². The van der Waals surface area contributed by atoms with Crippen molar-refractivity contribution in [3.8, 4) is 0 Å². The first-order valence-corrected chi connectivity index (χ1v) is 3.78. The Labute approximate surface area is 66.3 Å². The molecule has 1 aromatic heterocycles. The molecule has 0 saturated carbocycles. The molecule has 0 amide bonds. The first-order chi connectivity index (χ1) is 4.93. The van der Waals surface area contributed by atoms with Gasteiger partial charge in [-0.25, -0.2) is 0 Å². The molecule has 2 nitrogen and oxygen atoms in total. The molecule has 0 N–H and O–H groups in total. The van der Waals surface area contributed by atoms with Gasteiger partial charge in [0.25, 0.3) is 0 Å². The van der Waals surface area contributed by atoms with Crippen LogP contribution in [0.5, 0.6) is 0 Å². The minimum Gasteiger partial charge on any atom is -0.261 e. The molecule has 1 aromatic rings. The number of alkyl halides is 1. The van der Waals surface area contributed by atoms with Crippen molar-refractivity contribution in [2.45, 2.75) is 19.7 Å². The summed E-state index contributed by atoms with van der Waals surface area (Å²) in [5.41, 5.74) is 0.814. The van der Waals surface area contributed by atoms with Crippen LogP contribution in [-0.2, 0) is 5.88 Å². The summed E-state index contributed by atoms with van der Waals surface area (Å²) in [5.74, 6) is 0.438. The van der Waals surface area contributed by atoms with Gasteiger partial charge in [0, 0.05) is 18.6 Å². The summed E-state index contributed by atoms with van der Waals surface area (Å²) in [6.45, 7) is 4.00. The van der Waals surface area contributed by atoms with Gasteiger partial charge in [0.2, 0.25) is 0 Å². The molecule has 10 heavy (non-hydrogen) atoms. The SMILES string of the molecule is CC.ClCc1cnccn1. The van der Waals surface area contributed by atoms with Crippen molar-refractivity contribution in [2.24, 2.45) is 0 Å². The molecule has 0 fully saturated rings. The molecule has 0 aliphatic rings. The summed E-state index contributed by atoms with van der Waals surface area (Å²) in [7, 11) is 0. The summed E-state index contributed by atoms with van der Waals surface area (Å²) < 4.78 is 0. The van der Waals surface area contributed by atoms with Crippen molar-refractivity contribution in [1.82, 2.24) is 9.97 Å². The summed E-state index contributed by atoms with van der Waals surface area (Å²) in [6.07, 6.45) is 4.89. The minimum absolute atomic E-state index is 0.438. The Balaban J connectivity index is 0.000000371. The lowest BCUT2D eigenvalue weighted by atomic mass is 10.5. The Morgan fingerprint density at radius 2 is 2.10 bits per heavy atom. The average molecular weight is 159 g/mol. The van der Waals surface area contributed by atoms with E-state index in [1.54, 1.807) is 18.6 Å². The van der Waals surface area contributed by atoms with Crippen LogP contribution in [0.1, 0.15) is 19.5 Å². The molecule has 0 aliphatic carbocycles. The topological polar surface area (TPSA) is 25.8 Å². The molecule has 56 valence electrons. The van der Waals surface area contributed by atoms with Gasteiger partial charge in [-0.1, -0.05) is 13.8 Å². The number of hydrogen-bond acceptors (Lipinski definition) is 2. The van der Waals surface area contributed by atoms with Gasteiger partial charge in [0.15, 0.2) is 0 Å². The van der Waals surface area contributed by atoms with E-state index in [4.69, 9.17) is 11.6 Å². The molecule has 0 aromatic carbocycles. The minimum atomic E-state index is 0.438. The summed E-state index contributed by atoms with van der Waals surface area (Å²) in [4.78, 5) is 7.71. The largest absolute Gasteiger partial charge is 0.261 e. The molecule has 0 aliphatic heterocycles. The van der Waals surface area contributed by atoms with Crippen molar-refractivity contribution in [1.29, 1.82) is 0 Å². The van der Waals surface area contributed by atoms with Crippen LogP contribution < -0.4 is 0 Å². The summed E-state index contributed by atoms with van der Waals surface area (Å²) in [5, 5.41) is 0. The van der Waals surface area contributed by atoms with Gasteiger partial charge in [-0.05, 0) is 0 Å². The van der Waals surface area contributed by atoms with Crippen molar-refractivity contribution in [3.05, 3.63) is 24.3 Å². The second-order valence-electron chi connectivity index (χ2n) is 1.33. The first kappa shape index (κ1) is 9.37. The van der Waals surface area contributed by atoms with Crippen LogP contribution in [0.2, 0.25) is 0 Å². The van der Waals surface area contributed by atoms with Gasteiger partial charge in [-0.3, -0.25) is 9.97 Å².